The third-order valence-corrected chi connectivity index (χ3v) is 5.00. The zero-order chi connectivity index (χ0) is 20.1. The van der Waals surface area contributed by atoms with Crippen molar-refractivity contribution < 1.29 is 4.74 Å². The van der Waals surface area contributed by atoms with Crippen LogP contribution in [0.2, 0.25) is 0 Å². The first-order valence-corrected chi connectivity index (χ1v) is 9.05. The molecular formula is C21H18N6O2. The Labute approximate surface area is 165 Å². The molecular weight excluding hydrogens is 368 g/mol. The first-order chi connectivity index (χ1) is 14.1. The third-order valence-electron chi connectivity index (χ3n) is 5.00. The lowest BCUT2D eigenvalue weighted by Crippen LogP contribution is -2.23. The Balaban J connectivity index is 1.96. The van der Waals surface area contributed by atoms with Crippen molar-refractivity contribution >= 4 is 27.6 Å². The van der Waals surface area contributed by atoms with Crippen molar-refractivity contribution in [3.8, 4) is 11.4 Å². The Morgan fingerprint density at radius 2 is 1.83 bits per heavy atom. The van der Waals surface area contributed by atoms with Crippen molar-refractivity contribution in [3.05, 3.63) is 77.0 Å². The molecule has 0 spiro atoms. The number of fused-ring (bicyclic) bond motifs is 5. The fourth-order valence-corrected chi connectivity index (χ4v) is 3.59. The fraction of sp³-hybridized carbons (Fsp3) is 0.0952. The Morgan fingerprint density at radius 1 is 1.03 bits per heavy atom. The van der Waals surface area contributed by atoms with E-state index in [2.05, 4.69) is 4.98 Å². The van der Waals surface area contributed by atoms with E-state index in [1.165, 1.54) is 0 Å². The molecule has 0 amide bonds. The molecule has 0 atom stereocenters. The SMILES string of the molecule is COc1ccc2nc3c4ccccc4c(=O)n(-c4ccc(C(N)N)nc4)c3n2c1. The number of hydrogen-bond donors (Lipinski definition) is 2. The molecule has 4 aromatic heterocycles. The Morgan fingerprint density at radius 3 is 2.52 bits per heavy atom. The van der Waals surface area contributed by atoms with Crippen molar-refractivity contribution in [2.45, 2.75) is 6.17 Å². The zero-order valence-electron chi connectivity index (χ0n) is 15.6. The summed E-state index contributed by atoms with van der Waals surface area (Å²) in [5.41, 5.74) is 14.4. The quantitative estimate of drug-likeness (QED) is 0.459. The van der Waals surface area contributed by atoms with Gasteiger partial charge in [-0.2, -0.15) is 0 Å². The second kappa shape index (κ2) is 6.40. The molecule has 0 unspecified atom stereocenters. The van der Waals surface area contributed by atoms with Gasteiger partial charge in [-0.05, 0) is 30.3 Å². The number of nitrogens with two attached hydrogens (primary N) is 2. The van der Waals surface area contributed by atoms with Gasteiger partial charge in [0.05, 0.1) is 37.1 Å². The summed E-state index contributed by atoms with van der Waals surface area (Å²) in [7, 11) is 1.60. The zero-order valence-corrected chi connectivity index (χ0v) is 15.6. The van der Waals surface area contributed by atoms with Crippen LogP contribution >= 0.6 is 0 Å². The average Bonchev–Trinajstić information content (AvgIpc) is 3.13. The highest BCUT2D eigenvalue weighted by Gasteiger charge is 2.18. The smallest absolute Gasteiger partial charge is 0.264 e. The standard InChI is InChI=1S/C21H18N6O2/c1-29-13-7-9-17-25-18-14-4-2-3-5-15(14)21(28)27(20(18)26(17)11-13)12-6-8-16(19(22)23)24-10-12/h2-11,19H,22-23H2,1H3. The summed E-state index contributed by atoms with van der Waals surface area (Å²) in [6.45, 7) is 0. The van der Waals surface area contributed by atoms with Crippen LogP contribution in [0.5, 0.6) is 5.75 Å². The van der Waals surface area contributed by atoms with Crippen molar-refractivity contribution in [2.24, 2.45) is 11.5 Å². The Kier molecular flexibility index (Phi) is 3.83. The molecule has 0 bridgehead atoms. The van der Waals surface area contributed by atoms with E-state index in [0.29, 0.717) is 39.3 Å². The summed E-state index contributed by atoms with van der Waals surface area (Å²) in [4.78, 5) is 22.6. The summed E-state index contributed by atoms with van der Waals surface area (Å²) >= 11 is 0. The topological polar surface area (TPSA) is 113 Å². The molecule has 29 heavy (non-hydrogen) atoms. The molecule has 0 radical (unpaired) electrons. The minimum absolute atomic E-state index is 0.163. The highest BCUT2D eigenvalue weighted by Crippen LogP contribution is 2.27. The molecule has 0 saturated heterocycles. The van der Waals surface area contributed by atoms with Gasteiger partial charge in [-0.15, -0.1) is 0 Å². The second-order valence-electron chi connectivity index (χ2n) is 6.73. The van der Waals surface area contributed by atoms with Gasteiger partial charge in [-0.25, -0.2) is 4.98 Å². The number of aromatic nitrogens is 4. The van der Waals surface area contributed by atoms with Gasteiger partial charge in [0.2, 0.25) is 0 Å². The largest absolute Gasteiger partial charge is 0.495 e. The highest BCUT2D eigenvalue weighted by molar-refractivity contribution is 6.04. The van der Waals surface area contributed by atoms with Gasteiger partial charge in [0.25, 0.3) is 5.56 Å². The van der Waals surface area contributed by atoms with Crippen molar-refractivity contribution in [1.82, 2.24) is 18.9 Å². The van der Waals surface area contributed by atoms with E-state index in [1.54, 1.807) is 36.1 Å². The minimum atomic E-state index is -0.683. The molecule has 1 aromatic carbocycles. The summed E-state index contributed by atoms with van der Waals surface area (Å²) < 4.78 is 8.83. The van der Waals surface area contributed by atoms with E-state index in [1.807, 2.05) is 40.9 Å². The van der Waals surface area contributed by atoms with Crippen molar-refractivity contribution in [2.75, 3.05) is 7.11 Å². The highest BCUT2D eigenvalue weighted by atomic mass is 16.5. The summed E-state index contributed by atoms with van der Waals surface area (Å²) in [6, 6.07) is 14.6. The first kappa shape index (κ1) is 17.4. The van der Waals surface area contributed by atoms with Crippen molar-refractivity contribution in [3.63, 3.8) is 0 Å². The molecule has 8 heteroatoms. The molecule has 4 N–H and O–H groups in total. The van der Waals surface area contributed by atoms with Gasteiger partial charge in [-0.1, -0.05) is 18.2 Å². The maximum atomic E-state index is 13.5. The van der Waals surface area contributed by atoms with E-state index in [9.17, 15) is 4.79 Å². The lowest BCUT2D eigenvalue weighted by Gasteiger charge is -2.12. The molecule has 144 valence electrons. The van der Waals surface area contributed by atoms with Gasteiger partial charge in [0.1, 0.15) is 16.9 Å². The third kappa shape index (κ3) is 2.58. The summed E-state index contributed by atoms with van der Waals surface area (Å²) in [5.74, 6) is 0.659. The number of pyridine rings is 3. The van der Waals surface area contributed by atoms with Gasteiger partial charge >= 0.3 is 0 Å². The number of benzene rings is 1. The first-order valence-electron chi connectivity index (χ1n) is 9.05. The predicted molar refractivity (Wildman–Crippen MR) is 111 cm³/mol. The molecule has 4 heterocycles. The Hall–Kier alpha value is -3.75. The molecule has 0 aliphatic heterocycles. The molecule has 5 rings (SSSR count). The van der Waals surface area contributed by atoms with Gasteiger partial charge in [0.15, 0.2) is 5.65 Å². The number of nitrogens with zero attached hydrogens (tertiary/aromatic N) is 4. The summed E-state index contributed by atoms with van der Waals surface area (Å²) in [6.07, 6.45) is 2.72. The molecule has 8 nitrogen and oxygen atoms in total. The van der Waals surface area contributed by atoms with E-state index in [4.69, 9.17) is 21.2 Å². The van der Waals surface area contributed by atoms with Crippen LogP contribution in [0.15, 0.2) is 65.7 Å². The van der Waals surface area contributed by atoms with Crippen LogP contribution in [0.3, 0.4) is 0 Å². The maximum absolute atomic E-state index is 13.5. The van der Waals surface area contributed by atoms with Crippen LogP contribution in [0.25, 0.3) is 33.3 Å². The molecule has 0 aliphatic rings. The maximum Gasteiger partial charge on any atom is 0.264 e. The molecule has 0 saturated carbocycles. The predicted octanol–water partition coefficient (Wildman–Crippen LogP) is 2.11. The fourth-order valence-electron chi connectivity index (χ4n) is 3.59. The van der Waals surface area contributed by atoms with E-state index in [0.717, 1.165) is 5.39 Å². The molecule has 5 aromatic rings. The van der Waals surface area contributed by atoms with Crippen LogP contribution < -0.4 is 21.8 Å². The van der Waals surface area contributed by atoms with Gasteiger partial charge < -0.3 is 16.2 Å². The lowest BCUT2D eigenvalue weighted by atomic mass is 10.1. The van der Waals surface area contributed by atoms with Crippen LogP contribution in [0, 0.1) is 0 Å². The number of hydrogen-bond acceptors (Lipinski definition) is 6. The number of rotatable bonds is 3. The number of methoxy groups -OCH3 is 1. The van der Waals surface area contributed by atoms with Gasteiger partial charge in [0, 0.05) is 10.8 Å². The lowest BCUT2D eigenvalue weighted by molar-refractivity contribution is 0.412. The van der Waals surface area contributed by atoms with E-state index < -0.39 is 6.17 Å². The molecule has 0 fully saturated rings. The Bertz CT molecular complexity index is 1430. The minimum Gasteiger partial charge on any atom is -0.495 e. The second-order valence-corrected chi connectivity index (χ2v) is 6.73. The van der Waals surface area contributed by atoms with E-state index >= 15 is 0 Å². The normalized spacial score (nSPS) is 11.7. The monoisotopic (exact) mass is 386 g/mol. The number of imidazole rings is 1. The van der Waals surface area contributed by atoms with Crippen LogP contribution in [0.4, 0.5) is 0 Å². The average molecular weight is 386 g/mol. The van der Waals surface area contributed by atoms with Crippen molar-refractivity contribution in [1.29, 1.82) is 0 Å². The van der Waals surface area contributed by atoms with E-state index in [-0.39, 0.29) is 5.56 Å². The summed E-state index contributed by atoms with van der Waals surface area (Å²) in [5, 5.41) is 1.37. The number of ether oxygens (including phenoxy) is 1. The molecule has 0 aliphatic carbocycles. The van der Waals surface area contributed by atoms with Crippen LogP contribution in [-0.4, -0.2) is 26.0 Å². The van der Waals surface area contributed by atoms with Crippen LogP contribution in [0.1, 0.15) is 11.9 Å². The van der Waals surface area contributed by atoms with Gasteiger partial charge in [-0.3, -0.25) is 18.7 Å². The van der Waals surface area contributed by atoms with Crippen LogP contribution in [-0.2, 0) is 0 Å².